The van der Waals surface area contributed by atoms with E-state index in [0.29, 0.717) is 12.3 Å². The number of carbonyl (C=O) groups is 1. The lowest BCUT2D eigenvalue weighted by Gasteiger charge is -2.30. The number of para-hydroxylation sites is 1. The van der Waals surface area contributed by atoms with E-state index in [1.54, 1.807) is 6.08 Å². The first-order valence-electron chi connectivity index (χ1n) is 9.22. The second-order valence-corrected chi connectivity index (χ2v) is 7.26. The predicted octanol–water partition coefficient (Wildman–Crippen LogP) is 4.53. The van der Waals surface area contributed by atoms with Crippen LogP contribution in [-0.2, 0) is 4.79 Å². The molecular weight excluding hydrogens is 328 g/mol. The van der Waals surface area contributed by atoms with E-state index in [1.165, 1.54) is 19.3 Å². The zero-order valence-corrected chi connectivity index (χ0v) is 16.1. The Bertz CT molecular complexity index is 585. The molecule has 1 fully saturated rings. The summed E-state index contributed by atoms with van der Waals surface area (Å²) in [5, 5.41) is 0. The zero-order valence-electron chi connectivity index (χ0n) is 15.2. The van der Waals surface area contributed by atoms with E-state index in [0.717, 1.165) is 36.8 Å². The largest absolute Gasteiger partial charge is 0.312 e. The van der Waals surface area contributed by atoms with E-state index in [9.17, 15) is 4.79 Å². The van der Waals surface area contributed by atoms with Gasteiger partial charge in [-0.15, -0.1) is 12.6 Å². The molecule has 1 heterocycles. The van der Waals surface area contributed by atoms with Gasteiger partial charge < -0.3 is 4.90 Å². The van der Waals surface area contributed by atoms with Crippen LogP contribution in [0.15, 0.2) is 54.0 Å². The fourth-order valence-electron chi connectivity index (χ4n) is 3.43. The number of benzene rings is 1. The molecule has 0 saturated carbocycles. The van der Waals surface area contributed by atoms with Crippen molar-refractivity contribution >= 4 is 24.2 Å². The summed E-state index contributed by atoms with van der Waals surface area (Å²) in [6.45, 7) is 9.43. The van der Waals surface area contributed by atoms with E-state index < -0.39 is 0 Å². The van der Waals surface area contributed by atoms with Gasteiger partial charge in [-0.25, -0.2) is 0 Å². The van der Waals surface area contributed by atoms with Gasteiger partial charge in [0.2, 0.25) is 5.91 Å². The van der Waals surface area contributed by atoms with Crippen molar-refractivity contribution in [3.8, 4) is 0 Å². The molecule has 1 aromatic carbocycles. The quantitative estimate of drug-likeness (QED) is 0.572. The van der Waals surface area contributed by atoms with Crippen molar-refractivity contribution in [1.29, 1.82) is 0 Å². The van der Waals surface area contributed by atoms with Crippen LogP contribution in [0.4, 0.5) is 5.69 Å². The fourth-order valence-corrected chi connectivity index (χ4v) is 3.74. The molecule has 0 aromatic heterocycles. The van der Waals surface area contributed by atoms with E-state index in [2.05, 4.69) is 24.1 Å². The summed E-state index contributed by atoms with van der Waals surface area (Å²) in [6.07, 6.45) is 7.88. The molecule has 0 aliphatic carbocycles. The van der Waals surface area contributed by atoms with Gasteiger partial charge in [-0.1, -0.05) is 50.3 Å². The van der Waals surface area contributed by atoms with Crippen molar-refractivity contribution in [2.75, 3.05) is 31.1 Å². The summed E-state index contributed by atoms with van der Waals surface area (Å²) in [5.74, 6) is 0.687. The predicted molar refractivity (Wildman–Crippen MR) is 110 cm³/mol. The Kier molecular flexibility index (Phi) is 8.29. The number of anilines is 1. The Morgan fingerprint density at radius 3 is 2.80 bits per heavy atom. The summed E-state index contributed by atoms with van der Waals surface area (Å²) in [7, 11) is 0. The molecule has 3 nitrogen and oxygen atoms in total. The number of hydrogen-bond acceptors (Lipinski definition) is 3. The molecule has 0 N–H and O–H groups in total. The van der Waals surface area contributed by atoms with Gasteiger partial charge in [0.05, 0.1) is 0 Å². The van der Waals surface area contributed by atoms with Crippen molar-refractivity contribution in [3.05, 3.63) is 54.0 Å². The normalized spacial score (nSPS) is 19.3. The summed E-state index contributed by atoms with van der Waals surface area (Å²) in [6, 6.07) is 10.0. The Morgan fingerprint density at radius 1 is 1.36 bits per heavy atom. The van der Waals surface area contributed by atoms with Crippen LogP contribution >= 0.6 is 12.6 Å². The first-order chi connectivity index (χ1) is 12.1. The number of rotatable bonds is 7. The second kappa shape index (κ2) is 10.5. The van der Waals surface area contributed by atoms with Crippen LogP contribution < -0.4 is 4.90 Å². The number of nitrogens with zero attached hydrogens (tertiary/aromatic N) is 2. The molecule has 4 heteroatoms. The van der Waals surface area contributed by atoms with E-state index in [1.807, 2.05) is 48.2 Å². The number of allylic oxidation sites excluding steroid dienone is 2. The van der Waals surface area contributed by atoms with Crippen molar-refractivity contribution < 1.29 is 4.79 Å². The van der Waals surface area contributed by atoms with Crippen LogP contribution in [-0.4, -0.2) is 37.0 Å². The zero-order chi connectivity index (χ0) is 18.1. The minimum Gasteiger partial charge on any atom is -0.312 e. The number of hydrogen-bond donors (Lipinski definition) is 1. The van der Waals surface area contributed by atoms with E-state index >= 15 is 0 Å². The molecule has 25 heavy (non-hydrogen) atoms. The summed E-state index contributed by atoms with van der Waals surface area (Å²) in [4.78, 5) is 18.0. The average Bonchev–Trinajstić information content (AvgIpc) is 2.85. The van der Waals surface area contributed by atoms with Crippen LogP contribution in [0.3, 0.4) is 0 Å². The van der Waals surface area contributed by atoms with Gasteiger partial charge in [0.15, 0.2) is 0 Å². The van der Waals surface area contributed by atoms with Crippen LogP contribution in [0.25, 0.3) is 0 Å². The van der Waals surface area contributed by atoms with Gasteiger partial charge in [-0.05, 0) is 42.3 Å². The topological polar surface area (TPSA) is 23.6 Å². The Balaban J connectivity index is 2.07. The lowest BCUT2D eigenvalue weighted by molar-refractivity contribution is -0.118. The molecule has 0 radical (unpaired) electrons. The smallest absolute Gasteiger partial charge is 0.226 e. The maximum atomic E-state index is 12.5. The number of carbonyl (C=O) groups excluding carboxylic acids is 1. The lowest BCUT2D eigenvalue weighted by Crippen LogP contribution is -2.39. The molecule has 1 aliphatic heterocycles. The van der Waals surface area contributed by atoms with Crippen molar-refractivity contribution in [3.63, 3.8) is 0 Å². The van der Waals surface area contributed by atoms with Crippen LogP contribution in [0.1, 0.15) is 32.6 Å². The van der Waals surface area contributed by atoms with Crippen molar-refractivity contribution in [2.45, 2.75) is 32.6 Å². The third-order valence-corrected chi connectivity index (χ3v) is 4.95. The third-order valence-electron chi connectivity index (χ3n) is 4.66. The highest BCUT2D eigenvalue weighted by molar-refractivity contribution is 7.84. The minimum absolute atomic E-state index is 0.198. The molecule has 1 aliphatic rings. The maximum absolute atomic E-state index is 12.5. The molecule has 0 bridgehead atoms. The van der Waals surface area contributed by atoms with Gasteiger partial charge in [0.25, 0.3) is 0 Å². The number of likely N-dealkylation sites (tertiary alicyclic amines) is 1. The SMILES string of the molecule is C=C/C=C(\S)CN1CCCCC(CN(C(=O)CC)c2ccccc2)C1. The molecule has 1 saturated heterocycles. The maximum Gasteiger partial charge on any atom is 0.226 e. The monoisotopic (exact) mass is 358 g/mol. The van der Waals surface area contributed by atoms with E-state index in [4.69, 9.17) is 0 Å². The highest BCUT2D eigenvalue weighted by atomic mass is 32.1. The summed E-state index contributed by atoms with van der Waals surface area (Å²) in [5.41, 5.74) is 1.01. The average molecular weight is 359 g/mol. The van der Waals surface area contributed by atoms with Gasteiger partial charge in [-0.3, -0.25) is 9.69 Å². The second-order valence-electron chi connectivity index (χ2n) is 6.68. The standard InChI is InChI=1S/C21H30N2OS/c1-3-10-20(25)17-22-14-9-8-11-18(15-22)16-23(21(24)4-2)19-12-6-5-7-13-19/h3,5-7,10,12-13,18,25H,1,4,8-9,11,14-17H2,2H3/b20-10-. The van der Waals surface area contributed by atoms with Gasteiger partial charge >= 0.3 is 0 Å². The van der Waals surface area contributed by atoms with Crippen LogP contribution in [0, 0.1) is 5.92 Å². The van der Waals surface area contributed by atoms with Crippen LogP contribution in [0.5, 0.6) is 0 Å². The first-order valence-corrected chi connectivity index (χ1v) is 9.67. The molecule has 136 valence electrons. The van der Waals surface area contributed by atoms with Gasteiger partial charge in [-0.2, -0.15) is 0 Å². The molecule has 2 rings (SSSR count). The molecular formula is C21H30N2OS. The number of amides is 1. The fraction of sp³-hybridized carbons (Fsp3) is 0.476. The molecule has 1 atom stereocenters. The van der Waals surface area contributed by atoms with E-state index in [-0.39, 0.29) is 5.91 Å². The lowest BCUT2D eigenvalue weighted by atomic mass is 10.0. The minimum atomic E-state index is 0.198. The Labute approximate surface area is 157 Å². The summed E-state index contributed by atoms with van der Waals surface area (Å²) < 4.78 is 0. The van der Waals surface area contributed by atoms with Gasteiger partial charge in [0, 0.05) is 31.7 Å². The Morgan fingerprint density at radius 2 is 2.12 bits per heavy atom. The van der Waals surface area contributed by atoms with Gasteiger partial charge in [0.1, 0.15) is 0 Å². The third kappa shape index (κ3) is 6.37. The molecule has 1 amide bonds. The van der Waals surface area contributed by atoms with Crippen LogP contribution in [0.2, 0.25) is 0 Å². The molecule has 0 spiro atoms. The molecule has 1 aromatic rings. The van der Waals surface area contributed by atoms with Crippen molar-refractivity contribution in [1.82, 2.24) is 4.90 Å². The Hall–Kier alpha value is -1.52. The number of thiol groups is 1. The highest BCUT2D eigenvalue weighted by Crippen LogP contribution is 2.23. The summed E-state index contributed by atoms with van der Waals surface area (Å²) >= 11 is 4.54. The molecule has 1 unspecified atom stereocenters. The first kappa shape index (κ1) is 19.8. The highest BCUT2D eigenvalue weighted by Gasteiger charge is 2.23. The van der Waals surface area contributed by atoms with Crippen molar-refractivity contribution in [2.24, 2.45) is 5.92 Å².